The van der Waals surface area contributed by atoms with Crippen LogP contribution in [0.5, 0.6) is 0 Å². The summed E-state index contributed by atoms with van der Waals surface area (Å²) in [5.41, 5.74) is 0. The predicted octanol–water partition coefficient (Wildman–Crippen LogP) is 3.35. The van der Waals surface area contributed by atoms with E-state index in [1.807, 2.05) is 6.08 Å². The van der Waals surface area contributed by atoms with Gasteiger partial charge in [-0.25, -0.2) is 0 Å². The van der Waals surface area contributed by atoms with Gasteiger partial charge >= 0.3 is 0 Å². The summed E-state index contributed by atoms with van der Waals surface area (Å²) in [6, 6.07) is 0.469. The summed E-state index contributed by atoms with van der Waals surface area (Å²) in [5.74, 6) is 0.0772. The van der Waals surface area contributed by atoms with Crippen molar-refractivity contribution in [2.45, 2.75) is 57.9 Å². The fourth-order valence-corrected chi connectivity index (χ4v) is 1.48. The lowest BCUT2D eigenvalue weighted by Crippen LogP contribution is -2.22. The van der Waals surface area contributed by atoms with Crippen LogP contribution in [-0.2, 0) is 4.79 Å². The first-order valence-electron chi connectivity index (χ1n) is 6.45. The number of hydrogen-bond acceptors (Lipinski definition) is 1. The lowest BCUT2D eigenvalue weighted by atomic mass is 10.1. The van der Waals surface area contributed by atoms with E-state index in [1.165, 1.54) is 12.8 Å². The predicted molar refractivity (Wildman–Crippen MR) is 68.2 cm³/mol. The second-order valence-electron chi connectivity index (χ2n) is 4.35. The van der Waals surface area contributed by atoms with E-state index in [0.29, 0.717) is 6.04 Å². The molecule has 2 heteroatoms. The van der Waals surface area contributed by atoms with Gasteiger partial charge in [-0.2, -0.15) is 0 Å². The van der Waals surface area contributed by atoms with E-state index in [4.69, 9.17) is 0 Å². The molecule has 0 atom stereocenters. The molecule has 1 N–H and O–H groups in total. The summed E-state index contributed by atoms with van der Waals surface area (Å²) in [5, 5.41) is 2.94. The molecule has 1 saturated carbocycles. The third kappa shape index (κ3) is 7.27. The van der Waals surface area contributed by atoms with Gasteiger partial charge in [0.1, 0.15) is 0 Å². The van der Waals surface area contributed by atoms with Gasteiger partial charge in [-0.3, -0.25) is 4.79 Å². The van der Waals surface area contributed by atoms with E-state index in [1.54, 1.807) is 6.08 Å². The molecular weight excluding hydrogens is 198 g/mol. The fraction of sp³-hybridized carbons (Fsp3) is 0.643. The number of carbonyl (C=O) groups excluding carboxylic acids is 1. The van der Waals surface area contributed by atoms with Crippen molar-refractivity contribution in [3.63, 3.8) is 0 Å². The number of amides is 1. The Balaban J connectivity index is 1.90. The van der Waals surface area contributed by atoms with Crippen LogP contribution in [0.2, 0.25) is 0 Å². The minimum absolute atomic E-state index is 0.0772. The van der Waals surface area contributed by atoms with Gasteiger partial charge in [0.2, 0.25) is 5.91 Å². The third-order valence-electron chi connectivity index (χ3n) is 2.59. The molecule has 1 rings (SSSR count). The summed E-state index contributed by atoms with van der Waals surface area (Å²) >= 11 is 0. The van der Waals surface area contributed by atoms with E-state index in [9.17, 15) is 4.79 Å². The molecule has 0 aromatic heterocycles. The normalized spacial score (nSPS) is 16.1. The maximum atomic E-state index is 11.3. The minimum atomic E-state index is 0.0772. The molecule has 1 aliphatic rings. The molecule has 0 aromatic carbocycles. The summed E-state index contributed by atoms with van der Waals surface area (Å²) < 4.78 is 0. The highest BCUT2D eigenvalue weighted by molar-refractivity contribution is 5.87. The van der Waals surface area contributed by atoms with Crippen LogP contribution in [0.4, 0.5) is 0 Å². The SMILES string of the molecule is CC/C=C\CCCC/C=C/C(=O)NC1CC1. The van der Waals surface area contributed by atoms with Gasteiger partial charge in [-0.1, -0.05) is 25.2 Å². The monoisotopic (exact) mass is 221 g/mol. The highest BCUT2D eigenvalue weighted by atomic mass is 16.1. The first-order chi connectivity index (χ1) is 7.83. The van der Waals surface area contributed by atoms with Gasteiger partial charge < -0.3 is 5.32 Å². The lowest BCUT2D eigenvalue weighted by molar-refractivity contribution is -0.116. The maximum Gasteiger partial charge on any atom is 0.243 e. The molecule has 0 unspecified atom stereocenters. The highest BCUT2D eigenvalue weighted by Gasteiger charge is 2.21. The van der Waals surface area contributed by atoms with Gasteiger partial charge in [0.05, 0.1) is 0 Å². The van der Waals surface area contributed by atoms with Crippen LogP contribution in [0.25, 0.3) is 0 Å². The summed E-state index contributed by atoms with van der Waals surface area (Å²) in [6.45, 7) is 2.15. The number of nitrogens with one attached hydrogen (secondary N) is 1. The fourth-order valence-electron chi connectivity index (χ4n) is 1.48. The van der Waals surface area contributed by atoms with Crippen molar-refractivity contribution in [3.8, 4) is 0 Å². The van der Waals surface area contributed by atoms with Gasteiger partial charge in [0.15, 0.2) is 0 Å². The van der Waals surface area contributed by atoms with Gasteiger partial charge in [-0.05, 0) is 51.0 Å². The van der Waals surface area contributed by atoms with Crippen LogP contribution in [0, 0.1) is 0 Å². The molecule has 2 nitrogen and oxygen atoms in total. The van der Waals surface area contributed by atoms with Crippen LogP contribution in [-0.4, -0.2) is 11.9 Å². The topological polar surface area (TPSA) is 29.1 Å². The second kappa shape index (κ2) is 8.14. The van der Waals surface area contributed by atoms with Gasteiger partial charge in [0, 0.05) is 6.04 Å². The molecule has 1 amide bonds. The molecule has 0 radical (unpaired) electrons. The third-order valence-corrected chi connectivity index (χ3v) is 2.59. The van der Waals surface area contributed by atoms with Crippen molar-refractivity contribution in [3.05, 3.63) is 24.3 Å². The molecule has 1 fully saturated rings. The van der Waals surface area contributed by atoms with Crippen LogP contribution >= 0.6 is 0 Å². The lowest BCUT2D eigenvalue weighted by Gasteiger charge is -1.96. The van der Waals surface area contributed by atoms with E-state index < -0.39 is 0 Å². The van der Waals surface area contributed by atoms with Crippen molar-refractivity contribution in [2.24, 2.45) is 0 Å². The highest BCUT2D eigenvalue weighted by Crippen LogP contribution is 2.18. The molecule has 90 valence electrons. The van der Waals surface area contributed by atoms with Crippen molar-refractivity contribution in [2.75, 3.05) is 0 Å². The average Bonchev–Trinajstić information content (AvgIpc) is 3.06. The zero-order chi connectivity index (χ0) is 11.6. The minimum Gasteiger partial charge on any atom is -0.350 e. The first-order valence-corrected chi connectivity index (χ1v) is 6.45. The second-order valence-corrected chi connectivity index (χ2v) is 4.35. The molecule has 1 aliphatic carbocycles. The van der Waals surface area contributed by atoms with E-state index in [-0.39, 0.29) is 5.91 Å². The summed E-state index contributed by atoms with van der Waals surface area (Å²) in [7, 11) is 0. The summed E-state index contributed by atoms with van der Waals surface area (Å²) in [6.07, 6.45) is 16.1. The van der Waals surface area contributed by atoms with Crippen molar-refractivity contribution >= 4 is 5.91 Å². The molecular formula is C14H23NO. The molecule has 0 heterocycles. The largest absolute Gasteiger partial charge is 0.350 e. The van der Waals surface area contributed by atoms with Crippen LogP contribution < -0.4 is 5.32 Å². The Labute approximate surface area is 98.8 Å². The van der Waals surface area contributed by atoms with Crippen LogP contribution in [0.15, 0.2) is 24.3 Å². The molecule has 0 aromatic rings. The quantitative estimate of drug-likeness (QED) is 0.380. The first kappa shape index (κ1) is 13.0. The number of hydrogen-bond donors (Lipinski definition) is 1. The molecule has 0 saturated heterocycles. The maximum absolute atomic E-state index is 11.3. The standard InChI is InChI=1S/C14H23NO/c1-2-3-4-5-6-7-8-9-10-14(16)15-13-11-12-13/h3-4,9-10,13H,2,5-8,11-12H2,1H3,(H,15,16)/b4-3-,10-9+. The molecule has 0 spiro atoms. The van der Waals surface area contributed by atoms with Crippen molar-refractivity contribution < 1.29 is 4.79 Å². The van der Waals surface area contributed by atoms with E-state index in [2.05, 4.69) is 24.4 Å². The molecule has 16 heavy (non-hydrogen) atoms. The number of unbranched alkanes of at least 4 members (excludes halogenated alkanes) is 3. The Hall–Kier alpha value is -1.05. The zero-order valence-corrected chi connectivity index (χ0v) is 10.2. The Morgan fingerprint density at radius 1 is 1.19 bits per heavy atom. The number of carbonyl (C=O) groups is 1. The van der Waals surface area contributed by atoms with Gasteiger partial charge in [0.25, 0.3) is 0 Å². The molecule has 0 bridgehead atoms. The van der Waals surface area contributed by atoms with Gasteiger partial charge in [-0.15, -0.1) is 0 Å². The zero-order valence-electron chi connectivity index (χ0n) is 10.2. The van der Waals surface area contributed by atoms with Crippen LogP contribution in [0.3, 0.4) is 0 Å². The van der Waals surface area contributed by atoms with E-state index in [0.717, 1.165) is 32.1 Å². The smallest absolute Gasteiger partial charge is 0.243 e. The van der Waals surface area contributed by atoms with Crippen molar-refractivity contribution in [1.29, 1.82) is 0 Å². The average molecular weight is 221 g/mol. The van der Waals surface area contributed by atoms with Crippen molar-refractivity contribution in [1.82, 2.24) is 5.32 Å². The Kier molecular flexibility index (Phi) is 6.62. The Bertz CT molecular complexity index is 251. The van der Waals surface area contributed by atoms with E-state index >= 15 is 0 Å². The van der Waals surface area contributed by atoms with Crippen LogP contribution in [0.1, 0.15) is 51.9 Å². The number of rotatable bonds is 8. The Morgan fingerprint density at radius 3 is 2.50 bits per heavy atom. The summed E-state index contributed by atoms with van der Waals surface area (Å²) in [4.78, 5) is 11.3. The number of allylic oxidation sites excluding steroid dienone is 3. The Morgan fingerprint density at radius 2 is 1.88 bits per heavy atom. The molecule has 0 aliphatic heterocycles.